The third kappa shape index (κ3) is 3.46. The normalized spacial score (nSPS) is 11.1. The van der Waals surface area contributed by atoms with Crippen molar-refractivity contribution in [2.75, 3.05) is 19.6 Å². The largest absolute Gasteiger partial charge is 0.340 e. The van der Waals surface area contributed by atoms with Crippen molar-refractivity contribution in [3.8, 4) is 0 Å². The third-order valence-corrected chi connectivity index (χ3v) is 2.34. The maximum absolute atomic E-state index is 4.90. The highest BCUT2D eigenvalue weighted by molar-refractivity contribution is 4.83. The molecule has 0 aromatic carbocycles. The Hall–Kier alpha value is -0.900. The van der Waals surface area contributed by atoms with Crippen LogP contribution in [0.4, 0.5) is 0 Å². The van der Waals surface area contributed by atoms with Crippen LogP contribution in [0.5, 0.6) is 0 Å². The molecule has 0 radical (unpaired) electrons. The van der Waals surface area contributed by atoms with Gasteiger partial charge in [0.1, 0.15) is 0 Å². The molecule has 1 aromatic heterocycles. The Balaban J connectivity index is 2.21. The van der Waals surface area contributed by atoms with Crippen molar-refractivity contribution in [2.45, 2.75) is 33.6 Å². The van der Waals surface area contributed by atoms with E-state index in [0.717, 1.165) is 38.3 Å². The van der Waals surface area contributed by atoms with Crippen LogP contribution in [0.25, 0.3) is 0 Å². The molecule has 80 valence electrons. The summed E-state index contributed by atoms with van der Waals surface area (Å²) in [6.07, 6.45) is 2.01. The van der Waals surface area contributed by atoms with Gasteiger partial charge in [0.05, 0.1) is 0 Å². The van der Waals surface area contributed by atoms with E-state index in [2.05, 4.69) is 28.9 Å². The molecule has 1 aromatic rings. The standard InChI is InChI=1S/C10H19N3O/c1-4-13(5-2)8-6-7-10-11-9(3)14-12-10/h4-8H2,1-3H3. The molecule has 0 saturated heterocycles. The predicted octanol–water partition coefficient (Wildman–Crippen LogP) is 1.65. The lowest BCUT2D eigenvalue weighted by atomic mass is 10.3. The SMILES string of the molecule is CCN(CC)CCCc1noc(C)n1. The van der Waals surface area contributed by atoms with Crippen molar-refractivity contribution < 1.29 is 4.52 Å². The highest BCUT2D eigenvalue weighted by Gasteiger charge is 2.03. The predicted molar refractivity (Wildman–Crippen MR) is 55.1 cm³/mol. The summed E-state index contributed by atoms with van der Waals surface area (Å²) in [5.74, 6) is 1.48. The molecule has 0 atom stereocenters. The van der Waals surface area contributed by atoms with Gasteiger partial charge in [-0.15, -0.1) is 0 Å². The molecule has 1 rings (SSSR count). The first-order valence-electron chi connectivity index (χ1n) is 5.27. The van der Waals surface area contributed by atoms with Crippen LogP contribution in [0.15, 0.2) is 4.52 Å². The zero-order valence-corrected chi connectivity index (χ0v) is 9.29. The van der Waals surface area contributed by atoms with Gasteiger partial charge in [0.25, 0.3) is 0 Å². The number of rotatable bonds is 6. The third-order valence-electron chi connectivity index (χ3n) is 2.34. The maximum Gasteiger partial charge on any atom is 0.223 e. The number of hydrogen-bond acceptors (Lipinski definition) is 4. The molecule has 0 spiro atoms. The second-order valence-electron chi connectivity index (χ2n) is 3.36. The molecule has 0 aliphatic carbocycles. The van der Waals surface area contributed by atoms with Crippen LogP contribution < -0.4 is 0 Å². The molecule has 0 aliphatic rings. The van der Waals surface area contributed by atoms with Crippen molar-refractivity contribution in [1.29, 1.82) is 0 Å². The molecule has 4 heteroatoms. The fourth-order valence-corrected chi connectivity index (χ4v) is 1.44. The Labute approximate surface area is 85.3 Å². The summed E-state index contributed by atoms with van der Waals surface area (Å²) in [5.41, 5.74) is 0. The molecule has 0 aliphatic heterocycles. The van der Waals surface area contributed by atoms with E-state index in [1.54, 1.807) is 0 Å². The van der Waals surface area contributed by atoms with E-state index in [1.807, 2.05) is 6.92 Å². The molecular formula is C10H19N3O. The van der Waals surface area contributed by atoms with E-state index in [0.29, 0.717) is 5.89 Å². The lowest BCUT2D eigenvalue weighted by molar-refractivity contribution is 0.298. The Bertz CT molecular complexity index is 256. The summed E-state index contributed by atoms with van der Waals surface area (Å²) in [5, 5.41) is 3.86. The fraction of sp³-hybridized carbons (Fsp3) is 0.800. The Morgan fingerprint density at radius 2 is 2.00 bits per heavy atom. The van der Waals surface area contributed by atoms with Gasteiger partial charge in [0.2, 0.25) is 5.89 Å². The molecule has 0 N–H and O–H groups in total. The summed E-state index contributed by atoms with van der Waals surface area (Å²) in [6, 6.07) is 0. The van der Waals surface area contributed by atoms with Crippen molar-refractivity contribution in [3.63, 3.8) is 0 Å². The van der Waals surface area contributed by atoms with Gasteiger partial charge in [-0.25, -0.2) is 0 Å². The monoisotopic (exact) mass is 197 g/mol. The minimum absolute atomic E-state index is 0.655. The summed E-state index contributed by atoms with van der Waals surface area (Å²) >= 11 is 0. The second-order valence-corrected chi connectivity index (χ2v) is 3.36. The van der Waals surface area contributed by atoms with Crippen molar-refractivity contribution >= 4 is 0 Å². The van der Waals surface area contributed by atoms with Crippen molar-refractivity contribution in [3.05, 3.63) is 11.7 Å². The minimum Gasteiger partial charge on any atom is -0.340 e. The Morgan fingerprint density at radius 3 is 2.50 bits per heavy atom. The van der Waals surface area contributed by atoms with Crippen LogP contribution in [0, 0.1) is 6.92 Å². The smallest absolute Gasteiger partial charge is 0.223 e. The number of nitrogens with zero attached hydrogens (tertiary/aromatic N) is 3. The van der Waals surface area contributed by atoms with Gasteiger partial charge in [0.15, 0.2) is 5.82 Å². The quantitative estimate of drug-likeness (QED) is 0.695. The van der Waals surface area contributed by atoms with E-state index in [4.69, 9.17) is 4.52 Å². The van der Waals surface area contributed by atoms with Crippen LogP contribution in [0.1, 0.15) is 32.0 Å². The highest BCUT2D eigenvalue weighted by Crippen LogP contribution is 2.00. The van der Waals surface area contributed by atoms with E-state index in [1.165, 1.54) is 0 Å². The van der Waals surface area contributed by atoms with Gasteiger partial charge in [-0.3, -0.25) is 0 Å². The lowest BCUT2D eigenvalue weighted by Crippen LogP contribution is -2.24. The first-order valence-corrected chi connectivity index (χ1v) is 5.27. The minimum atomic E-state index is 0.655. The molecule has 0 saturated carbocycles. The van der Waals surface area contributed by atoms with Crippen molar-refractivity contribution in [2.24, 2.45) is 0 Å². The molecule has 4 nitrogen and oxygen atoms in total. The van der Waals surface area contributed by atoms with Crippen LogP contribution in [0.3, 0.4) is 0 Å². The van der Waals surface area contributed by atoms with Gasteiger partial charge in [0, 0.05) is 13.3 Å². The summed E-state index contributed by atoms with van der Waals surface area (Å²) in [6.45, 7) is 9.52. The maximum atomic E-state index is 4.90. The van der Waals surface area contributed by atoms with Crippen LogP contribution in [-0.2, 0) is 6.42 Å². The highest BCUT2D eigenvalue weighted by atomic mass is 16.5. The number of hydrogen-bond donors (Lipinski definition) is 0. The van der Waals surface area contributed by atoms with E-state index in [9.17, 15) is 0 Å². The first kappa shape index (κ1) is 11.2. The summed E-state index contributed by atoms with van der Waals surface area (Å²) in [4.78, 5) is 6.56. The molecule has 0 amide bonds. The van der Waals surface area contributed by atoms with Gasteiger partial charge in [-0.1, -0.05) is 19.0 Å². The molecule has 1 heterocycles. The topological polar surface area (TPSA) is 42.2 Å². The average molecular weight is 197 g/mol. The Morgan fingerprint density at radius 1 is 1.29 bits per heavy atom. The van der Waals surface area contributed by atoms with Crippen LogP contribution in [-0.4, -0.2) is 34.7 Å². The fourth-order valence-electron chi connectivity index (χ4n) is 1.44. The lowest BCUT2D eigenvalue weighted by Gasteiger charge is -2.16. The Kier molecular flexibility index (Phi) is 4.59. The van der Waals surface area contributed by atoms with E-state index in [-0.39, 0.29) is 0 Å². The average Bonchev–Trinajstić information content (AvgIpc) is 2.59. The second kappa shape index (κ2) is 5.75. The summed E-state index contributed by atoms with van der Waals surface area (Å²) < 4.78 is 4.90. The molecule has 0 unspecified atom stereocenters. The summed E-state index contributed by atoms with van der Waals surface area (Å²) in [7, 11) is 0. The van der Waals surface area contributed by atoms with Gasteiger partial charge in [-0.2, -0.15) is 4.98 Å². The van der Waals surface area contributed by atoms with Crippen LogP contribution in [0.2, 0.25) is 0 Å². The molecular weight excluding hydrogens is 178 g/mol. The first-order chi connectivity index (χ1) is 6.76. The van der Waals surface area contributed by atoms with Crippen molar-refractivity contribution in [1.82, 2.24) is 15.0 Å². The number of aromatic nitrogens is 2. The van der Waals surface area contributed by atoms with Gasteiger partial charge < -0.3 is 9.42 Å². The van der Waals surface area contributed by atoms with Gasteiger partial charge in [-0.05, 0) is 26.1 Å². The molecule has 14 heavy (non-hydrogen) atoms. The molecule has 0 bridgehead atoms. The number of aryl methyl sites for hydroxylation is 2. The van der Waals surface area contributed by atoms with Crippen LogP contribution >= 0.6 is 0 Å². The zero-order valence-electron chi connectivity index (χ0n) is 9.29. The zero-order chi connectivity index (χ0) is 10.4. The van der Waals surface area contributed by atoms with E-state index >= 15 is 0 Å². The molecule has 0 fully saturated rings. The van der Waals surface area contributed by atoms with E-state index < -0.39 is 0 Å². The van der Waals surface area contributed by atoms with Gasteiger partial charge >= 0.3 is 0 Å².